The summed E-state index contributed by atoms with van der Waals surface area (Å²) in [5.74, 6) is 0.894. The number of hydrogen-bond acceptors (Lipinski definition) is 1. The molecule has 108 valence electrons. The number of aryl methyl sites for hydroxylation is 2. The minimum Gasteiger partial charge on any atom is -0.272 e. The third-order valence-electron chi connectivity index (χ3n) is 3.59. The van der Waals surface area contributed by atoms with Crippen LogP contribution >= 0.6 is 34.8 Å². The van der Waals surface area contributed by atoms with Crippen molar-refractivity contribution in [3.05, 3.63) is 52.3 Å². The van der Waals surface area contributed by atoms with Gasteiger partial charge in [-0.2, -0.15) is 5.10 Å². The number of alkyl halides is 2. The molecule has 0 saturated heterocycles. The zero-order chi connectivity index (χ0) is 14.8. The molecule has 0 aliphatic rings. The molecule has 5 heteroatoms. The first-order valence-electron chi connectivity index (χ1n) is 6.38. The maximum absolute atomic E-state index is 6.26. The van der Waals surface area contributed by atoms with Crippen molar-refractivity contribution in [1.82, 2.24) is 9.78 Å². The molecular formula is C15H17Cl3N2. The number of aromatic nitrogens is 2. The molecule has 20 heavy (non-hydrogen) atoms. The van der Waals surface area contributed by atoms with Crippen molar-refractivity contribution >= 4 is 34.8 Å². The first kappa shape index (κ1) is 15.7. The molecule has 0 aliphatic heterocycles. The molecule has 0 unspecified atom stereocenters. The highest BCUT2D eigenvalue weighted by Gasteiger charge is 2.32. The van der Waals surface area contributed by atoms with E-state index in [0.717, 1.165) is 23.4 Å². The van der Waals surface area contributed by atoms with Crippen LogP contribution in [-0.2, 0) is 18.9 Å². The van der Waals surface area contributed by atoms with E-state index in [1.807, 2.05) is 42.9 Å². The second-order valence-electron chi connectivity index (χ2n) is 5.13. The first-order valence-corrected chi connectivity index (χ1v) is 7.83. The van der Waals surface area contributed by atoms with Gasteiger partial charge < -0.3 is 0 Å². The lowest BCUT2D eigenvalue weighted by molar-refractivity contribution is 0.511. The molecule has 0 radical (unpaired) electrons. The van der Waals surface area contributed by atoms with E-state index in [1.54, 1.807) is 0 Å². The maximum Gasteiger partial charge on any atom is 0.0596 e. The molecule has 1 aromatic carbocycles. The van der Waals surface area contributed by atoms with Gasteiger partial charge in [-0.3, -0.25) is 4.68 Å². The lowest BCUT2D eigenvalue weighted by Crippen LogP contribution is -2.34. The van der Waals surface area contributed by atoms with Gasteiger partial charge >= 0.3 is 0 Å². The smallest absolute Gasteiger partial charge is 0.0596 e. The molecule has 0 aliphatic carbocycles. The number of nitrogens with zero attached hydrogens (tertiary/aromatic N) is 2. The van der Waals surface area contributed by atoms with Crippen LogP contribution in [0.4, 0.5) is 0 Å². The van der Waals surface area contributed by atoms with Crippen LogP contribution in [0.1, 0.15) is 17.0 Å². The van der Waals surface area contributed by atoms with Gasteiger partial charge in [0.25, 0.3) is 0 Å². The van der Waals surface area contributed by atoms with Crippen molar-refractivity contribution in [2.24, 2.45) is 7.05 Å². The third-order valence-corrected chi connectivity index (χ3v) is 4.86. The topological polar surface area (TPSA) is 17.8 Å². The monoisotopic (exact) mass is 330 g/mol. The van der Waals surface area contributed by atoms with Crippen LogP contribution in [0.5, 0.6) is 0 Å². The van der Waals surface area contributed by atoms with Crippen LogP contribution in [0.15, 0.2) is 30.3 Å². The van der Waals surface area contributed by atoms with E-state index in [-0.39, 0.29) is 5.41 Å². The Kier molecular flexibility index (Phi) is 5.00. The van der Waals surface area contributed by atoms with Gasteiger partial charge in [0, 0.05) is 41.4 Å². The molecule has 0 fully saturated rings. The molecule has 0 N–H and O–H groups in total. The Labute approximate surface area is 134 Å². The van der Waals surface area contributed by atoms with E-state index in [2.05, 4.69) is 11.2 Å². The molecule has 2 rings (SSSR count). The number of rotatable bonds is 5. The summed E-state index contributed by atoms with van der Waals surface area (Å²) in [4.78, 5) is 0. The largest absolute Gasteiger partial charge is 0.272 e. The minimum atomic E-state index is -0.312. The normalized spacial score (nSPS) is 11.8. The molecule has 0 spiro atoms. The summed E-state index contributed by atoms with van der Waals surface area (Å²) in [6.07, 6.45) is 0.749. The highest BCUT2D eigenvalue weighted by Crippen LogP contribution is 2.32. The molecule has 1 heterocycles. The van der Waals surface area contributed by atoms with Crippen LogP contribution in [-0.4, -0.2) is 21.5 Å². The highest BCUT2D eigenvalue weighted by atomic mass is 35.5. The van der Waals surface area contributed by atoms with Crippen molar-refractivity contribution in [3.63, 3.8) is 0 Å². The van der Waals surface area contributed by atoms with Crippen molar-refractivity contribution in [2.75, 3.05) is 11.8 Å². The molecule has 2 nitrogen and oxygen atoms in total. The van der Waals surface area contributed by atoms with Gasteiger partial charge in [-0.05, 0) is 30.7 Å². The van der Waals surface area contributed by atoms with Gasteiger partial charge in [0.05, 0.1) is 5.69 Å². The van der Waals surface area contributed by atoms with Crippen molar-refractivity contribution in [3.8, 4) is 0 Å². The molecule has 0 amide bonds. The predicted octanol–water partition coefficient (Wildman–Crippen LogP) is 4.34. The summed E-state index contributed by atoms with van der Waals surface area (Å²) in [6, 6.07) is 9.81. The Morgan fingerprint density at radius 1 is 1.15 bits per heavy atom. The van der Waals surface area contributed by atoms with Gasteiger partial charge in [-0.1, -0.05) is 23.7 Å². The van der Waals surface area contributed by atoms with Gasteiger partial charge in [0.2, 0.25) is 0 Å². The lowest BCUT2D eigenvalue weighted by Gasteiger charge is -2.30. The lowest BCUT2D eigenvalue weighted by atomic mass is 9.80. The Bertz CT molecular complexity index is 571. The fourth-order valence-electron chi connectivity index (χ4n) is 2.37. The molecule has 0 atom stereocenters. The zero-order valence-electron chi connectivity index (χ0n) is 11.5. The maximum atomic E-state index is 6.26. The molecule has 2 aromatic rings. The van der Waals surface area contributed by atoms with Crippen LogP contribution in [0.2, 0.25) is 5.02 Å². The summed E-state index contributed by atoms with van der Waals surface area (Å²) in [5.41, 5.74) is 2.91. The van der Waals surface area contributed by atoms with E-state index >= 15 is 0 Å². The van der Waals surface area contributed by atoms with Gasteiger partial charge in [-0.25, -0.2) is 0 Å². The molecule has 0 bridgehead atoms. The fourth-order valence-corrected chi connectivity index (χ4v) is 3.28. The average Bonchev–Trinajstić information content (AvgIpc) is 2.75. The molecule has 1 aromatic heterocycles. The summed E-state index contributed by atoms with van der Waals surface area (Å²) < 4.78 is 1.89. The second-order valence-corrected chi connectivity index (χ2v) is 6.10. The Morgan fingerprint density at radius 2 is 1.75 bits per heavy atom. The Balaban J connectivity index is 2.39. The summed E-state index contributed by atoms with van der Waals surface area (Å²) in [6.45, 7) is 1.98. The van der Waals surface area contributed by atoms with E-state index < -0.39 is 0 Å². The van der Waals surface area contributed by atoms with Crippen LogP contribution in [0, 0.1) is 6.92 Å². The standard InChI is InChI=1S/C15H17Cl3N2/c1-11-7-14(20(2)19-11)8-15(9-16,10-17)12-3-5-13(18)6-4-12/h3-7H,8-10H2,1-2H3. The summed E-state index contributed by atoms with van der Waals surface area (Å²) in [5, 5.41) is 5.09. The van der Waals surface area contributed by atoms with Gasteiger partial charge in [-0.15, -0.1) is 23.2 Å². The van der Waals surface area contributed by atoms with E-state index in [1.165, 1.54) is 0 Å². The van der Waals surface area contributed by atoms with Crippen molar-refractivity contribution < 1.29 is 0 Å². The number of halogens is 3. The van der Waals surface area contributed by atoms with Crippen molar-refractivity contribution in [2.45, 2.75) is 18.8 Å². The Morgan fingerprint density at radius 3 is 2.20 bits per heavy atom. The van der Waals surface area contributed by atoms with Crippen molar-refractivity contribution in [1.29, 1.82) is 0 Å². The predicted molar refractivity (Wildman–Crippen MR) is 86.2 cm³/mol. The fraction of sp³-hybridized carbons (Fsp3) is 0.400. The van der Waals surface area contributed by atoms with E-state index in [9.17, 15) is 0 Å². The third kappa shape index (κ3) is 3.13. The number of benzene rings is 1. The van der Waals surface area contributed by atoms with Crippen LogP contribution in [0.25, 0.3) is 0 Å². The number of hydrogen-bond donors (Lipinski definition) is 0. The molecule has 0 saturated carbocycles. The van der Waals surface area contributed by atoms with Crippen LogP contribution in [0.3, 0.4) is 0 Å². The van der Waals surface area contributed by atoms with Crippen LogP contribution < -0.4 is 0 Å². The first-order chi connectivity index (χ1) is 9.50. The van der Waals surface area contributed by atoms with E-state index in [0.29, 0.717) is 16.8 Å². The summed E-state index contributed by atoms with van der Waals surface area (Å²) >= 11 is 18.5. The SMILES string of the molecule is Cc1cc(CC(CCl)(CCl)c2ccc(Cl)cc2)n(C)n1. The minimum absolute atomic E-state index is 0.312. The second kappa shape index (κ2) is 6.38. The average molecular weight is 332 g/mol. The van der Waals surface area contributed by atoms with Gasteiger partial charge in [0.1, 0.15) is 0 Å². The Hall–Kier alpha value is -0.700. The van der Waals surface area contributed by atoms with Gasteiger partial charge in [0.15, 0.2) is 0 Å². The highest BCUT2D eigenvalue weighted by molar-refractivity contribution is 6.30. The molecular weight excluding hydrogens is 315 g/mol. The quantitative estimate of drug-likeness (QED) is 0.745. The zero-order valence-corrected chi connectivity index (χ0v) is 13.8. The summed E-state index contributed by atoms with van der Waals surface area (Å²) in [7, 11) is 1.94. The van der Waals surface area contributed by atoms with E-state index in [4.69, 9.17) is 34.8 Å².